The van der Waals surface area contributed by atoms with Crippen LogP contribution in [0.2, 0.25) is 0 Å². The first-order valence-corrected chi connectivity index (χ1v) is 7.20. The van der Waals surface area contributed by atoms with Gasteiger partial charge in [0.05, 0.1) is 5.92 Å². The second-order valence-electron chi connectivity index (χ2n) is 4.82. The Kier molecular flexibility index (Phi) is 4.65. The molecule has 20 heavy (non-hydrogen) atoms. The lowest BCUT2D eigenvalue weighted by molar-refractivity contribution is -0.142. The Labute approximate surface area is 125 Å². The molecule has 1 N–H and O–H groups in total. The molecule has 0 unspecified atom stereocenters. The molecule has 0 aliphatic carbocycles. The van der Waals surface area contributed by atoms with Crippen LogP contribution in [0.1, 0.15) is 13.3 Å². The monoisotopic (exact) mass is 341 g/mol. The third-order valence-corrected chi connectivity index (χ3v) is 3.85. The lowest BCUT2D eigenvalue weighted by Crippen LogP contribution is -2.39. The van der Waals surface area contributed by atoms with E-state index in [1.165, 1.54) is 0 Å². The maximum Gasteiger partial charge on any atom is 0.308 e. The first kappa shape index (κ1) is 14.8. The lowest BCUT2D eigenvalue weighted by Gasteiger charge is -2.21. The summed E-state index contributed by atoms with van der Waals surface area (Å²) in [5.41, 5.74) is 0. The number of benzene rings is 1. The van der Waals surface area contributed by atoms with Gasteiger partial charge in [0.15, 0.2) is 6.10 Å². The summed E-state index contributed by atoms with van der Waals surface area (Å²) in [7, 11) is 0. The van der Waals surface area contributed by atoms with Crippen molar-refractivity contribution in [1.29, 1.82) is 0 Å². The number of rotatable bonds is 4. The third kappa shape index (κ3) is 3.50. The first-order chi connectivity index (χ1) is 9.47. The molecule has 6 heteroatoms. The van der Waals surface area contributed by atoms with Gasteiger partial charge in [0.1, 0.15) is 5.75 Å². The summed E-state index contributed by atoms with van der Waals surface area (Å²) in [6.45, 7) is 2.42. The van der Waals surface area contributed by atoms with Gasteiger partial charge >= 0.3 is 5.97 Å². The molecule has 0 radical (unpaired) electrons. The van der Waals surface area contributed by atoms with Gasteiger partial charge in [-0.1, -0.05) is 15.9 Å². The molecule has 1 saturated heterocycles. The maximum atomic E-state index is 12.2. The second kappa shape index (κ2) is 6.26. The summed E-state index contributed by atoms with van der Waals surface area (Å²) in [4.78, 5) is 24.6. The van der Waals surface area contributed by atoms with Crippen molar-refractivity contribution in [2.24, 2.45) is 5.92 Å². The van der Waals surface area contributed by atoms with Gasteiger partial charge in [-0.3, -0.25) is 9.59 Å². The summed E-state index contributed by atoms with van der Waals surface area (Å²) < 4.78 is 6.52. The van der Waals surface area contributed by atoms with Gasteiger partial charge in [0.25, 0.3) is 5.91 Å². The van der Waals surface area contributed by atoms with E-state index in [1.54, 1.807) is 24.0 Å². The van der Waals surface area contributed by atoms with Crippen LogP contribution in [0.4, 0.5) is 0 Å². The predicted octanol–water partition coefficient (Wildman–Crippen LogP) is 2.15. The molecule has 0 aromatic heterocycles. The van der Waals surface area contributed by atoms with Crippen molar-refractivity contribution in [2.45, 2.75) is 19.4 Å². The number of hydrogen-bond acceptors (Lipinski definition) is 3. The molecule has 1 aromatic rings. The van der Waals surface area contributed by atoms with Crippen LogP contribution in [0, 0.1) is 5.92 Å². The Balaban J connectivity index is 1.92. The predicted molar refractivity (Wildman–Crippen MR) is 76.6 cm³/mol. The largest absolute Gasteiger partial charge is 0.481 e. The van der Waals surface area contributed by atoms with Gasteiger partial charge in [0.2, 0.25) is 0 Å². The molecule has 0 spiro atoms. The fourth-order valence-electron chi connectivity index (χ4n) is 2.19. The average Bonchev–Trinajstić information content (AvgIpc) is 2.90. The van der Waals surface area contributed by atoms with Gasteiger partial charge in [-0.05, 0) is 37.6 Å². The number of ether oxygens (including phenoxy) is 1. The van der Waals surface area contributed by atoms with Crippen LogP contribution in [-0.4, -0.2) is 41.1 Å². The van der Waals surface area contributed by atoms with Gasteiger partial charge in [-0.25, -0.2) is 0 Å². The van der Waals surface area contributed by atoms with Crippen molar-refractivity contribution in [1.82, 2.24) is 4.90 Å². The summed E-state index contributed by atoms with van der Waals surface area (Å²) in [6.07, 6.45) is -0.116. The first-order valence-electron chi connectivity index (χ1n) is 6.41. The molecule has 0 saturated carbocycles. The smallest absolute Gasteiger partial charge is 0.308 e. The standard InChI is InChI=1S/C14H16BrNO4/c1-9(20-12-4-2-11(15)3-5-12)13(17)16-7-6-10(8-16)14(18)19/h2-5,9-10H,6-8H2,1H3,(H,18,19)/t9-,10+/m1/s1. The van der Waals surface area contributed by atoms with Gasteiger partial charge in [-0.15, -0.1) is 0 Å². The number of carboxylic acids is 1. The van der Waals surface area contributed by atoms with Crippen LogP contribution in [0.25, 0.3) is 0 Å². The van der Waals surface area contributed by atoms with Crippen molar-refractivity contribution in [3.8, 4) is 5.75 Å². The van der Waals surface area contributed by atoms with Crippen LogP contribution >= 0.6 is 15.9 Å². The number of likely N-dealkylation sites (tertiary alicyclic amines) is 1. The molecule has 0 bridgehead atoms. The molecule has 1 aliphatic rings. The Hall–Kier alpha value is -1.56. The molecule has 1 aliphatic heterocycles. The van der Waals surface area contributed by atoms with Gasteiger partial charge in [-0.2, -0.15) is 0 Å². The Bertz CT molecular complexity index is 502. The van der Waals surface area contributed by atoms with E-state index >= 15 is 0 Å². The molecule has 108 valence electrons. The van der Waals surface area contributed by atoms with Crippen molar-refractivity contribution >= 4 is 27.8 Å². The number of carbonyl (C=O) groups is 2. The van der Waals surface area contributed by atoms with Crippen LogP contribution in [0.5, 0.6) is 5.75 Å². The van der Waals surface area contributed by atoms with E-state index in [1.807, 2.05) is 12.1 Å². The minimum absolute atomic E-state index is 0.170. The van der Waals surface area contributed by atoms with E-state index in [2.05, 4.69) is 15.9 Å². The normalized spacial score (nSPS) is 19.7. The lowest BCUT2D eigenvalue weighted by atomic mass is 10.1. The Morgan fingerprint density at radius 3 is 2.60 bits per heavy atom. The zero-order valence-electron chi connectivity index (χ0n) is 11.1. The SMILES string of the molecule is C[C@@H](Oc1ccc(Br)cc1)C(=O)N1CC[C@H](C(=O)O)C1. The van der Waals surface area contributed by atoms with E-state index in [0.717, 1.165) is 4.47 Å². The average molecular weight is 342 g/mol. The molecule has 1 fully saturated rings. The summed E-state index contributed by atoms with van der Waals surface area (Å²) in [5, 5.41) is 8.94. The number of carboxylic acid groups (broad SMARTS) is 1. The van der Waals surface area contributed by atoms with Gasteiger partial charge in [0, 0.05) is 17.6 Å². The fourth-order valence-corrected chi connectivity index (χ4v) is 2.45. The van der Waals surface area contributed by atoms with Crippen molar-refractivity contribution in [3.05, 3.63) is 28.7 Å². The van der Waals surface area contributed by atoms with Crippen LogP contribution in [0.3, 0.4) is 0 Å². The molecule has 5 nitrogen and oxygen atoms in total. The third-order valence-electron chi connectivity index (χ3n) is 3.32. The molecular weight excluding hydrogens is 326 g/mol. The highest BCUT2D eigenvalue weighted by Crippen LogP contribution is 2.20. The van der Waals surface area contributed by atoms with Crippen molar-refractivity contribution < 1.29 is 19.4 Å². The van der Waals surface area contributed by atoms with Crippen molar-refractivity contribution in [3.63, 3.8) is 0 Å². The van der Waals surface area contributed by atoms with E-state index in [4.69, 9.17) is 9.84 Å². The van der Waals surface area contributed by atoms with Crippen molar-refractivity contribution in [2.75, 3.05) is 13.1 Å². The minimum Gasteiger partial charge on any atom is -0.481 e. The molecule has 1 heterocycles. The topological polar surface area (TPSA) is 66.8 Å². The number of aliphatic carboxylic acids is 1. The van der Waals surface area contributed by atoms with Gasteiger partial charge < -0.3 is 14.7 Å². The van der Waals surface area contributed by atoms with E-state index in [-0.39, 0.29) is 12.5 Å². The zero-order chi connectivity index (χ0) is 14.7. The molecule has 1 aromatic carbocycles. The fraction of sp³-hybridized carbons (Fsp3) is 0.429. The van der Waals surface area contributed by atoms with Crippen LogP contribution in [-0.2, 0) is 9.59 Å². The zero-order valence-corrected chi connectivity index (χ0v) is 12.7. The number of amides is 1. The van der Waals surface area contributed by atoms with Crippen LogP contribution in [0.15, 0.2) is 28.7 Å². The van der Waals surface area contributed by atoms with Crippen LogP contribution < -0.4 is 4.74 Å². The molecule has 2 atom stereocenters. The number of nitrogens with zero attached hydrogens (tertiary/aromatic N) is 1. The second-order valence-corrected chi connectivity index (χ2v) is 5.74. The Morgan fingerprint density at radius 2 is 2.05 bits per heavy atom. The quantitative estimate of drug-likeness (QED) is 0.911. The summed E-state index contributed by atoms with van der Waals surface area (Å²) in [6, 6.07) is 7.22. The van der Waals surface area contributed by atoms with E-state index < -0.39 is 18.0 Å². The highest BCUT2D eigenvalue weighted by Gasteiger charge is 2.33. The number of hydrogen-bond donors (Lipinski definition) is 1. The molecule has 2 rings (SSSR count). The Morgan fingerprint density at radius 1 is 1.40 bits per heavy atom. The highest BCUT2D eigenvalue weighted by molar-refractivity contribution is 9.10. The molecule has 1 amide bonds. The summed E-state index contributed by atoms with van der Waals surface area (Å²) >= 11 is 3.33. The maximum absolute atomic E-state index is 12.2. The summed E-state index contributed by atoms with van der Waals surface area (Å²) in [5.74, 6) is -0.861. The number of halogens is 1. The molecular formula is C14H16BrNO4. The van der Waals surface area contributed by atoms with E-state index in [0.29, 0.717) is 18.7 Å². The highest BCUT2D eigenvalue weighted by atomic mass is 79.9. The van der Waals surface area contributed by atoms with E-state index in [9.17, 15) is 9.59 Å². The minimum atomic E-state index is -0.846. The number of carbonyl (C=O) groups excluding carboxylic acids is 1.